The van der Waals surface area contributed by atoms with E-state index < -0.39 is 27.8 Å². The number of halogens is 3. The second kappa shape index (κ2) is 6.49. The van der Waals surface area contributed by atoms with Crippen molar-refractivity contribution in [1.82, 2.24) is 9.21 Å². The summed E-state index contributed by atoms with van der Waals surface area (Å²) in [5.74, 6) is 0. The van der Waals surface area contributed by atoms with Crippen molar-refractivity contribution in [1.29, 1.82) is 0 Å². The lowest BCUT2D eigenvalue weighted by molar-refractivity contribution is -0.136. The molecule has 138 valence electrons. The molecule has 25 heavy (non-hydrogen) atoms. The first-order valence-electron chi connectivity index (χ1n) is 7.91. The third-order valence-electron chi connectivity index (χ3n) is 4.31. The molecule has 1 aliphatic heterocycles. The van der Waals surface area contributed by atoms with Crippen molar-refractivity contribution in [3.05, 3.63) is 29.8 Å². The van der Waals surface area contributed by atoms with Gasteiger partial charge in [-0.2, -0.15) is 17.5 Å². The minimum absolute atomic E-state index is 0.145. The van der Waals surface area contributed by atoms with Gasteiger partial charge in [0.25, 0.3) is 0 Å². The molecule has 0 radical (unpaired) electrons. The molecule has 2 amide bonds. The predicted octanol–water partition coefficient (Wildman–Crippen LogP) is 2.35. The highest BCUT2D eigenvalue weighted by molar-refractivity contribution is 7.90. The lowest BCUT2D eigenvalue weighted by Crippen LogP contribution is -2.52. The second-order valence-electron chi connectivity index (χ2n) is 6.10. The molecule has 0 unspecified atom stereocenters. The molecule has 1 saturated carbocycles. The number of urea groups is 1. The first-order valence-corrected chi connectivity index (χ1v) is 9.41. The summed E-state index contributed by atoms with van der Waals surface area (Å²) in [7, 11) is -3.30. The Morgan fingerprint density at radius 1 is 1.08 bits per heavy atom. The Balaban J connectivity index is 1.62. The van der Waals surface area contributed by atoms with Crippen molar-refractivity contribution in [2.24, 2.45) is 0 Å². The van der Waals surface area contributed by atoms with E-state index in [0.717, 1.165) is 6.07 Å². The number of nitrogens with zero attached hydrogens (tertiary/aromatic N) is 2. The molecule has 3 rings (SSSR count). The van der Waals surface area contributed by atoms with Crippen LogP contribution in [0.1, 0.15) is 18.4 Å². The number of nitrogens with one attached hydrogen (secondary N) is 1. The smallest absolute Gasteiger partial charge is 0.322 e. The first kappa shape index (κ1) is 18.0. The fourth-order valence-electron chi connectivity index (χ4n) is 2.76. The predicted molar refractivity (Wildman–Crippen MR) is 85.6 cm³/mol. The van der Waals surface area contributed by atoms with Crippen molar-refractivity contribution < 1.29 is 26.4 Å². The monoisotopic (exact) mass is 377 g/mol. The molecule has 1 aromatic rings. The third-order valence-corrected chi connectivity index (χ3v) is 6.70. The van der Waals surface area contributed by atoms with Crippen LogP contribution in [-0.2, 0) is 16.2 Å². The van der Waals surface area contributed by atoms with Crippen molar-refractivity contribution in [2.75, 3.05) is 31.5 Å². The standard InChI is InChI=1S/C15H18F3N3O3S/c16-15(17,18)12-3-1-2-4-13(12)19-14(22)20-7-9-21(10-8-20)25(23,24)11-5-6-11/h1-4,11H,5-10H2,(H,19,22). The Hall–Kier alpha value is -1.81. The average Bonchev–Trinajstić information content (AvgIpc) is 3.40. The van der Waals surface area contributed by atoms with Gasteiger partial charge in [-0.25, -0.2) is 13.2 Å². The van der Waals surface area contributed by atoms with E-state index in [0.29, 0.717) is 12.8 Å². The number of amides is 2. The number of benzene rings is 1. The van der Waals surface area contributed by atoms with Gasteiger partial charge in [-0.1, -0.05) is 12.1 Å². The SMILES string of the molecule is O=C(Nc1ccccc1C(F)(F)F)N1CCN(S(=O)(=O)C2CC2)CC1. The van der Waals surface area contributed by atoms with Crippen molar-refractivity contribution >= 4 is 21.7 Å². The fourth-order valence-corrected chi connectivity index (χ4v) is 4.58. The van der Waals surface area contributed by atoms with Gasteiger partial charge in [0, 0.05) is 26.2 Å². The number of anilines is 1. The molecule has 0 bridgehead atoms. The summed E-state index contributed by atoms with van der Waals surface area (Å²) >= 11 is 0. The minimum atomic E-state index is -4.57. The summed E-state index contributed by atoms with van der Waals surface area (Å²) < 4.78 is 64.6. The van der Waals surface area contributed by atoms with E-state index in [1.54, 1.807) is 0 Å². The highest BCUT2D eigenvalue weighted by Crippen LogP contribution is 2.35. The van der Waals surface area contributed by atoms with E-state index in [1.165, 1.54) is 27.4 Å². The molecule has 0 spiro atoms. The molecule has 6 nitrogen and oxygen atoms in total. The molecule has 0 atom stereocenters. The number of para-hydroxylation sites is 1. The maximum absolute atomic E-state index is 13.0. The normalized spacial score (nSPS) is 19.7. The Morgan fingerprint density at radius 2 is 1.68 bits per heavy atom. The number of hydrogen-bond donors (Lipinski definition) is 1. The Morgan fingerprint density at radius 3 is 2.24 bits per heavy atom. The number of sulfonamides is 1. The summed E-state index contributed by atoms with van der Waals surface area (Å²) in [5, 5.41) is 1.96. The van der Waals surface area contributed by atoms with E-state index in [-0.39, 0.29) is 37.1 Å². The average molecular weight is 377 g/mol. The lowest BCUT2D eigenvalue weighted by atomic mass is 10.1. The Kier molecular flexibility index (Phi) is 4.67. The van der Waals surface area contributed by atoms with Gasteiger partial charge in [0.1, 0.15) is 0 Å². The van der Waals surface area contributed by atoms with Crippen LogP contribution < -0.4 is 5.32 Å². The van der Waals surface area contributed by atoms with Gasteiger partial charge >= 0.3 is 12.2 Å². The first-order chi connectivity index (χ1) is 11.7. The Bertz CT molecular complexity index is 755. The number of hydrogen-bond acceptors (Lipinski definition) is 3. The van der Waals surface area contributed by atoms with Crippen LogP contribution >= 0.6 is 0 Å². The molecule has 2 fully saturated rings. The van der Waals surface area contributed by atoms with Crippen LogP contribution in [0.15, 0.2) is 24.3 Å². The van der Waals surface area contributed by atoms with Gasteiger partial charge in [-0.15, -0.1) is 0 Å². The topological polar surface area (TPSA) is 69.7 Å². The van der Waals surface area contributed by atoms with E-state index in [9.17, 15) is 26.4 Å². The molecule has 0 aromatic heterocycles. The third kappa shape index (κ3) is 3.90. The second-order valence-corrected chi connectivity index (χ2v) is 8.32. The minimum Gasteiger partial charge on any atom is -0.322 e. The number of piperazine rings is 1. The van der Waals surface area contributed by atoms with Crippen LogP contribution in [0, 0.1) is 0 Å². The summed E-state index contributed by atoms with van der Waals surface area (Å²) in [6, 6.07) is 4.08. The highest BCUT2D eigenvalue weighted by atomic mass is 32.2. The maximum Gasteiger partial charge on any atom is 0.418 e. The van der Waals surface area contributed by atoms with Crippen LogP contribution in [-0.4, -0.2) is 55.1 Å². The largest absolute Gasteiger partial charge is 0.418 e. The van der Waals surface area contributed by atoms with Gasteiger partial charge in [0.05, 0.1) is 16.5 Å². The number of carbonyl (C=O) groups is 1. The number of rotatable bonds is 3. The van der Waals surface area contributed by atoms with Crippen LogP contribution in [0.25, 0.3) is 0 Å². The van der Waals surface area contributed by atoms with E-state index >= 15 is 0 Å². The molecule has 1 heterocycles. The van der Waals surface area contributed by atoms with Gasteiger partial charge in [-0.3, -0.25) is 0 Å². The van der Waals surface area contributed by atoms with E-state index in [1.807, 2.05) is 0 Å². The summed E-state index contributed by atoms with van der Waals surface area (Å²) in [6.45, 7) is 0.609. The molecular weight excluding hydrogens is 359 g/mol. The fraction of sp³-hybridized carbons (Fsp3) is 0.533. The van der Waals surface area contributed by atoms with Crippen LogP contribution in [0.2, 0.25) is 0 Å². The summed E-state index contributed by atoms with van der Waals surface area (Å²) in [4.78, 5) is 13.6. The summed E-state index contributed by atoms with van der Waals surface area (Å²) in [6.07, 6.45) is -3.24. The van der Waals surface area contributed by atoms with Crippen molar-refractivity contribution in [3.8, 4) is 0 Å². The Labute approximate surface area is 143 Å². The molecule has 1 aliphatic carbocycles. The van der Waals surface area contributed by atoms with Crippen LogP contribution in [0.3, 0.4) is 0 Å². The van der Waals surface area contributed by atoms with Gasteiger partial charge in [0.15, 0.2) is 0 Å². The molecular formula is C15H18F3N3O3S. The molecule has 1 saturated heterocycles. The van der Waals surface area contributed by atoms with E-state index in [2.05, 4.69) is 5.32 Å². The van der Waals surface area contributed by atoms with Crippen molar-refractivity contribution in [3.63, 3.8) is 0 Å². The van der Waals surface area contributed by atoms with Gasteiger partial charge in [0.2, 0.25) is 10.0 Å². The number of carbonyl (C=O) groups excluding carboxylic acids is 1. The lowest BCUT2D eigenvalue weighted by Gasteiger charge is -2.34. The molecule has 1 N–H and O–H groups in total. The van der Waals surface area contributed by atoms with E-state index in [4.69, 9.17) is 0 Å². The molecule has 10 heteroatoms. The van der Waals surface area contributed by atoms with Gasteiger partial charge < -0.3 is 10.2 Å². The van der Waals surface area contributed by atoms with Crippen LogP contribution in [0.4, 0.5) is 23.7 Å². The molecule has 1 aromatic carbocycles. The van der Waals surface area contributed by atoms with Gasteiger partial charge in [-0.05, 0) is 25.0 Å². The number of alkyl halides is 3. The maximum atomic E-state index is 13.0. The quantitative estimate of drug-likeness (QED) is 0.879. The zero-order valence-corrected chi connectivity index (χ0v) is 14.1. The zero-order valence-electron chi connectivity index (χ0n) is 13.3. The summed E-state index contributed by atoms with van der Waals surface area (Å²) in [5.41, 5.74) is -1.23. The van der Waals surface area contributed by atoms with Crippen molar-refractivity contribution in [2.45, 2.75) is 24.3 Å². The zero-order chi connectivity index (χ0) is 18.2. The highest BCUT2D eigenvalue weighted by Gasteiger charge is 2.41. The molecule has 2 aliphatic rings. The van der Waals surface area contributed by atoms with Crippen LogP contribution in [0.5, 0.6) is 0 Å².